The molecule has 0 unspecified atom stereocenters. The molecule has 2 aromatic rings. The summed E-state index contributed by atoms with van der Waals surface area (Å²) < 4.78 is 23.9. The molecule has 0 atom stereocenters. The van der Waals surface area contributed by atoms with E-state index in [9.17, 15) is 9.18 Å². The quantitative estimate of drug-likeness (QED) is 0.873. The number of para-hydroxylation sites is 2. The second-order valence-corrected chi connectivity index (χ2v) is 5.11. The van der Waals surface area contributed by atoms with Crippen molar-refractivity contribution < 1.29 is 18.7 Å². The molecule has 0 spiro atoms. The summed E-state index contributed by atoms with van der Waals surface area (Å²) in [5, 5.41) is 2.81. The summed E-state index contributed by atoms with van der Waals surface area (Å²) in [5.41, 5.74) is 1.27. The Kier molecular flexibility index (Phi) is 6.01. The van der Waals surface area contributed by atoms with Gasteiger partial charge in [-0.15, -0.1) is 0 Å². The number of rotatable bonds is 6. The van der Waals surface area contributed by atoms with Gasteiger partial charge in [0, 0.05) is 13.1 Å². The third-order valence-corrected chi connectivity index (χ3v) is 3.61. The summed E-state index contributed by atoms with van der Waals surface area (Å²) in [6.07, 6.45) is 0. The highest BCUT2D eigenvalue weighted by atomic mass is 19.1. The normalized spacial score (nSPS) is 10.2. The van der Waals surface area contributed by atoms with Gasteiger partial charge in [0.2, 0.25) is 0 Å². The van der Waals surface area contributed by atoms with E-state index in [0.29, 0.717) is 30.1 Å². The first-order valence-corrected chi connectivity index (χ1v) is 7.60. The molecule has 0 aliphatic heterocycles. The van der Waals surface area contributed by atoms with Crippen molar-refractivity contribution in [2.45, 2.75) is 13.5 Å². The second kappa shape index (κ2) is 8.19. The third-order valence-electron chi connectivity index (χ3n) is 3.61. The van der Waals surface area contributed by atoms with Crippen molar-refractivity contribution in [2.75, 3.05) is 26.1 Å². The van der Waals surface area contributed by atoms with E-state index in [4.69, 9.17) is 9.47 Å². The average Bonchev–Trinajstić information content (AvgIpc) is 2.60. The number of ether oxygens (including phenoxy) is 2. The van der Waals surface area contributed by atoms with E-state index in [0.717, 1.165) is 0 Å². The third kappa shape index (κ3) is 4.16. The minimum absolute atomic E-state index is 0.181. The Balaban J connectivity index is 2.10. The van der Waals surface area contributed by atoms with Crippen LogP contribution in [0.25, 0.3) is 0 Å². The van der Waals surface area contributed by atoms with Crippen LogP contribution in [0.4, 0.5) is 14.9 Å². The number of hydrogen-bond acceptors (Lipinski definition) is 3. The Bertz CT molecular complexity index is 706. The number of amides is 2. The maximum atomic E-state index is 13.8. The molecule has 6 heteroatoms. The van der Waals surface area contributed by atoms with Gasteiger partial charge in [0.25, 0.3) is 0 Å². The van der Waals surface area contributed by atoms with E-state index in [-0.39, 0.29) is 11.8 Å². The Labute approximate surface area is 141 Å². The molecule has 128 valence electrons. The molecule has 24 heavy (non-hydrogen) atoms. The van der Waals surface area contributed by atoms with Crippen LogP contribution in [0.1, 0.15) is 12.5 Å². The fraction of sp³-hybridized carbons (Fsp3) is 0.278. The van der Waals surface area contributed by atoms with Crippen molar-refractivity contribution >= 4 is 11.7 Å². The monoisotopic (exact) mass is 332 g/mol. The van der Waals surface area contributed by atoms with Crippen LogP contribution < -0.4 is 14.8 Å². The van der Waals surface area contributed by atoms with Crippen LogP contribution in [0.5, 0.6) is 11.5 Å². The minimum atomic E-state index is -0.448. The van der Waals surface area contributed by atoms with Crippen molar-refractivity contribution in [3.05, 3.63) is 53.8 Å². The number of hydrogen-bond donors (Lipinski definition) is 1. The van der Waals surface area contributed by atoms with Crippen LogP contribution in [-0.4, -0.2) is 31.7 Å². The van der Waals surface area contributed by atoms with Crippen molar-refractivity contribution in [1.82, 2.24) is 4.90 Å². The lowest BCUT2D eigenvalue weighted by atomic mass is 10.2. The molecule has 0 saturated carbocycles. The van der Waals surface area contributed by atoms with Gasteiger partial charge in [-0.25, -0.2) is 9.18 Å². The summed E-state index contributed by atoms with van der Waals surface area (Å²) in [4.78, 5) is 14.0. The second-order valence-electron chi connectivity index (χ2n) is 5.11. The van der Waals surface area contributed by atoms with Crippen LogP contribution in [0.3, 0.4) is 0 Å². The Morgan fingerprint density at radius 1 is 1.12 bits per heavy atom. The first-order valence-electron chi connectivity index (χ1n) is 7.60. The highest BCUT2D eigenvalue weighted by molar-refractivity contribution is 5.90. The zero-order valence-corrected chi connectivity index (χ0v) is 14.0. The fourth-order valence-electron chi connectivity index (χ4n) is 2.30. The van der Waals surface area contributed by atoms with E-state index < -0.39 is 5.82 Å². The summed E-state index contributed by atoms with van der Waals surface area (Å²) in [7, 11) is 2.96. The molecule has 2 amide bonds. The highest BCUT2D eigenvalue weighted by Crippen LogP contribution is 2.24. The van der Waals surface area contributed by atoms with Crippen LogP contribution in [0.2, 0.25) is 0 Å². The van der Waals surface area contributed by atoms with E-state index >= 15 is 0 Å². The number of nitrogens with one attached hydrogen (secondary N) is 1. The Morgan fingerprint density at radius 2 is 1.83 bits per heavy atom. The predicted molar refractivity (Wildman–Crippen MR) is 91.0 cm³/mol. The van der Waals surface area contributed by atoms with Gasteiger partial charge < -0.3 is 19.7 Å². The van der Waals surface area contributed by atoms with Crippen LogP contribution in [-0.2, 0) is 6.54 Å². The Morgan fingerprint density at radius 3 is 2.46 bits per heavy atom. The SMILES string of the molecule is CCN(Cc1ccc(OC)c(F)c1)C(=O)Nc1ccccc1OC. The summed E-state index contributed by atoms with van der Waals surface area (Å²) in [6.45, 7) is 2.63. The first-order chi connectivity index (χ1) is 11.6. The maximum absolute atomic E-state index is 13.8. The zero-order chi connectivity index (χ0) is 17.5. The van der Waals surface area contributed by atoms with Gasteiger partial charge in [-0.05, 0) is 36.8 Å². The van der Waals surface area contributed by atoms with E-state index in [1.165, 1.54) is 13.2 Å². The molecule has 1 N–H and O–H groups in total. The van der Waals surface area contributed by atoms with Crippen molar-refractivity contribution in [1.29, 1.82) is 0 Å². The number of urea groups is 1. The standard InChI is InChI=1S/C18H21FN2O3/c1-4-21(12-13-9-10-16(23-2)14(19)11-13)18(22)20-15-7-5-6-8-17(15)24-3/h5-11H,4,12H2,1-3H3,(H,20,22). The van der Waals surface area contributed by atoms with Crippen molar-refractivity contribution in [3.8, 4) is 11.5 Å². The predicted octanol–water partition coefficient (Wildman–Crippen LogP) is 3.90. The largest absolute Gasteiger partial charge is 0.495 e. The number of nitrogens with zero attached hydrogens (tertiary/aromatic N) is 1. The number of benzene rings is 2. The molecule has 0 aliphatic carbocycles. The molecule has 0 radical (unpaired) electrons. The number of anilines is 1. The summed E-state index contributed by atoms with van der Waals surface area (Å²) >= 11 is 0. The molecule has 0 heterocycles. The molecule has 0 aliphatic rings. The van der Waals surface area contributed by atoms with Crippen molar-refractivity contribution in [2.24, 2.45) is 0 Å². The number of carbonyl (C=O) groups excluding carboxylic acids is 1. The van der Waals surface area contributed by atoms with Crippen molar-refractivity contribution in [3.63, 3.8) is 0 Å². The zero-order valence-electron chi connectivity index (χ0n) is 14.0. The lowest BCUT2D eigenvalue weighted by molar-refractivity contribution is 0.212. The first kappa shape index (κ1) is 17.6. The lowest BCUT2D eigenvalue weighted by Gasteiger charge is -2.22. The number of halogens is 1. The van der Waals surface area contributed by atoms with Gasteiger partial charge in [-0.1, -0.05) is 18.2 Å². The molecule has 0 saturated heterocycles. The van der Waals surface area contributed by atoms with Gasteiger partial charge in [0.1, 0.15) is 5.75 Å². The summed E-state index contributed by atoms with van der Waals surface area (Å²) in [6, 6.07) is 11.6. The minimum Gasteiger partial charge on any atom is -0.495 e. The smallest absolute Gasteiger partial charge is 0.322 e. The number of carbonyl (C=O) groups is 1. The lowest BCUT2D eigenvalue weighted by Crippen LogP contribution is -2.34. The van der Waals surface area contributed by atoms with E-state index in [1.54, 1.807) is 36.3 Å². The molecular weight excluding hydrogens is 311 g/mol. The topological polar surface area (TPSA) is 50.8 Å². The van der Waals surface area contributed by atoms with E-state index in [2.05, 4.69) is 5.32 Å². The maximum Gasteiger partial charge on any atom is 0.322 e. The fourth-order valence-corrected chi connectivity index (χ4v) is 2.30. The van der Waals surface area contributed by atoms with Gasteiger partial charge in [0.05, 0.1) is 19.9 Å². The highest BCUT2D eigenvalue weighted by Gasteiger charge is 2.15. The van der Waals surface area contributed by atoms with Gasteiger partial charge >= 0.3 is 6.03 Å². The van der Waals surface area contributed by atoms with Gasteiger partial charge in [-0.3, -0.25) is 0 Å². The molecule has 2 aromatic carbocycles. The molecule has 0 bridgehead atoms. The van der Waals surface area contributed by atoms with Crippen LogP contribution >= 0.6 is 0 Å². The van der Waals surface area contributed by atoms with Gasteiger partial charge in [-0.2, -0.15) is 0 Å². The molecule has 0 aromatic heterocycles. The number of methoxy groups -OCH3 is 2. The van der Waals surface area contributed by atoms with Crippen LogP contribution in [0.15, 0.2) is 42.5 Å². The van der Waals surface area contributed by atoms with Gasteiger partial charge in [0.15, 0.2) is 11.6 Å². The summed E-state index contributed by atoms with van der Waals surface area (Å²) in [5.74, 6) is 0.314. The molecule has 5 nitrogen and oxygen atoms in total. The van der Waals surface area contributed by atoms with E-state index in [1.807, 2.05) is 19.1 Å². The molecule has 0 fully saturated rings. The molecule has 2 rings (SSSR count). The van der Waals surface area contributed by atoms with Crippen LogP contribution in [0, 0.1) is 5.82 Å². The Hall–Kier alpha value is -2.76. The molecular formula is C18H21FN2O3. The average molecular weight is 332 g/mol.